The minimum absolute atomic E-state index is 0.240. The van der Waals surface area contributed by atoms with Crippen LogP contribution in [0.25, 0.3) is 0 Å². The van der Waals surface area contributed by atoms with Crippen LogP contribution in [-0.2, 0) is 4.74 Å². The van der Waals surface area contributed by atoms with E-state index in [1.165, 1.54) is 0 Å². The topological polar surface area (TPSA) is 36.5 Å². The number of likely N-dealkylation sites (N-methyl/N-ethyl adjacent to an activating group) is 1. The van der Waals surface area contributed by atoms with Gasteiger partial charge in [0.15, 0.2) is 5.11 Å². The van der Waals surface area contributed by atoms with Gasteiger partial charge in [0.05, 0.1) is 6.61 Å². The van der Waals surface area contributed by atoms with Crippen molar-refractivity contribution < 1.29 is 4.74 Å². The minimum atomic E-state index is 0.240. The van der Waals surface area contributed by atoms with Crippen LogP contribution in [0.5, 0.6) is 0 Å². The molecule has 0 aliphatic carbocycles. The van der Waals surface area contributed by atoms with E-state index in [4.69, 9.17) is 17.0 Å². The van der Waals surface area contributed by atoms with Gasteiger partial charge in [0.25, 0.3) is 0 Å². The first kappa shape index (κ1) is 14.6. The molecule has 2 unspecified atom stereocenters. The van der Waals surface area contributed by atoms with E-state index in [9.17, 15) is 0 Å². The number of nitrogens with one attached hydrogen (secondary N) is 2. The average Bonchev–Trinajstić information content (AvgIpc) is 2.14. The van der Waals surface area contributed by atoms with E-state index in [2.05, 4.69) is 36.6 Å². The van der Waals surface area contributed by atoms with Crippen molar-refractivity contribution in [1.82, 2.24) is 15.5 Å². The molecule has 0 saturated carbocycles. The second kappa shape index (κ2) is 7.84. The Labute approximate surface area is 98.4 Å². The first-order valence-corrected chi connectivity index (χ1v) is 5.58. The lowest BCUT2D eigenvalue weighted by atomic mass is 10.3. The number of methoxy groups -OCH3 is 1. The molecule has 0 saturated heterocycles. The molecule has 0 fully saturated rings. The van der Waals surface area contributed by atoms with E-state index < -0.39 is 0 Å². The lowest BCUT2D eigenvalue weighted by molar-refractivity contribution is 0.179. The second-order valence-electron chi connectivity index (χ2n) is 4.02. The monoisotopic (exact) mass is 233 g/mol. The number of hydrogen-bond donors (Lipinski definition) is 2. The van der Waals surface area contributed by atoms with Gasteiger partial charge in [-0.2, -0.15) is 0 Å². The predicted octanol–water partition coefficient (Wildman–Crippen LogP) is 0.436. The molecule has 0 radical (unpaired) electrons. The summed E-state index contributed by atoms with van der Waals surface area (Å²) in [5.41, 5.74) is 0. The van der Waals surface area contributed by atoms with Crippen molar-refractivity contribution in [2.24, 2.45) is 0 Å². The van der Waals surface area contributed by atoms with Crippen molar-refractivity contribution in [3.8, 4) is 0 Å². The van der Waals surface area contributed by atoms with E-state index in [1.807, 2.05) is 6.92 Å². The summed E-state index contributed by atoms with van der Waals surface area (Å²) in [6, 6.07) is 0.701. The molecule has 4 nitrogen and oxygen atoms in total. The number of rotatable bonds is 6. The van der Waals surface area contributed by atoms with Gasteiger partial charge < -0.3 is 20.3 Å². The molecule has 0 aromatic heterocycles. The summed E-state index contributed by atoms with van der Waals surface area (Å²) >= 11 is 5.15. The molecule has 15 heavy (non-hydrogen) atoms. The molecule has 0 bridgehead atoms. The minimum Gasteiger partial charge on any atom is -0.383 e. The molecule has 0 amide bonds. The Morgan fingerprint density at radius 3 is 2.47 bits per heavy atom. The molecule has 0 aliphatic rings. The van der Waals surface area contributed by atoms with Gasteiger partial charge in [-0.25, -0.2) is 0 Å². The van der Waals surface area contributed by atoms with Gasteiger partial charge in [0.1, 0.15) is 0 Å². The molecule has 2 N–H and O–H groups in total. The maximum Gasteiger partial charge on any atom is 0.166 e. The lowest BCUT2D eigenvalue weighted by Gasteiger charge is -2.22. The van der Waals surface area contributed by atoms with Gasteiger partial charge in [-0.1, -0.05) is 0 Å². The Balaban J connectivity index is 3.66. The van der Waals surface area contributed by atoms with Crippen LogP contribution in [0.2, 0.25) is 0 Å². The van der Waals surface area contributed by atoms with Gasteiger partial charge >= 0.3 is 0 Å². The number of nitrogens with zero attached hydrogens (tertiary/aromatic N) is 1. The Bertz CT molecular complexity index is 188. The highest BCUT2D eigenvalue weighted by Crippen LogP contribution is 1.88. The van der Waals surface area contributed by atoms with Crippen LogP contribution in [0.1, 0.15) is 13.8 Å². The van der Waals surface area contributed by atoms with Gasteiger partial charge in [-0.15, -0.1) is 0 Å². The summed E-state index contributed by atoms with van der Waals surface area (Å²) < 4.78 is 5.01. The summed E-state index contributed by atoms with van der Waals surface area (Å²) in [6.07, 6.45) is 0. The zero-order chi connectivity index (χ0) is 11.8. The molecule has 0 aromatic rings. The fourth-order valence-corrected chi connectivity index (χ4v) is 1.27. The molecule has 0 rings (SSSR count). The van der Waals surface area contributed by atoms with E-state index >= 15 is 0 Å². The molecule has 90 valence electrons. The summed E-state index contributed by atoms with van der Waals surface area (Å²) in [4.78, 5) is 2.15. The van der Waals surface area contributed by atoms with Gasteiger partial charge in [-0.05, 0) is 40.2 Å². The van der Waals surface area contributed by atoms with Crippen LogP contribution < -0.4 is 10.6 Å². The Morgan fingerprint density at radius 1 is 1.40 bits per heavy atom. The molecule has 5 heteroatoms. The standard InChI is InChI=1S/C10H23N3OS/c1-8(7-14-5)12-10(15)11-6-9(2)13(3)4/h8-9H,6-7H2,1-5H3,(H2,11,12,15). The Kier molecular flexibility index (Phi) is 7.64. The van der Waals surface area contributed by atoms with E-state index in [0.717, 1.165) is 6.54 Å². The number of hydrogen-bond acceptors (Lipinski definition) is 3. The van der Waals surface area contributed by atoms with E-state index in [0.29, 0.717) is 17.8 Å². The molecular formula is C10H23N3OS. The van der Waals surface area contributed by atoms with Crippen molar-refractivity contribution in [3.63, 3.8) is 0 Å². The third kappa shape index (κ3) is 7.53. The largest absolute Gasteiger partial charge is 0.383 e. The smallest absolute Gasteiger partial charge is 0.166 e. The third-order valence-electron chi connectivity index (χ3n) is 2.23. The first-order valence-electron chi connectivity index (χ1n) is 5.17. The van der Waals surface area contributed by atoms with Crippen molar-refractivity contribution in [1.29, 1.82) is 0 Å². The fraction of sp³-hybridized carbons (Fsp3) is 0.900. The van der Waals surface area contributed by atoms with Gasteiger partial charge in [0.2, 0.25) is 0 Å². The fourth-order valence-electron chi connectivity index (χ4n) is 0.989. The highest BCUT2D eigenvalue weighted by atomic mass is 32.1. The number of thiocarbonyl (C=S) groups is 1. The zero-order valence-electron chi connectivity index (χ0n) is 10.3. The molecule has 2 atom stereocenters. The average molecular weight is 233 g/mol. The summed E-state index contributed by atoms with van der Waals surface area (Å²) in [5, 5.41) is 7.02. The third-order valence-corrected chi connectivity index (χ3v) is 2.50. The molecule has 0 aromatic carbocycles. The van der Waals surface area contributed by atoms with E-state index in [1.54, 1.807) is 7.11 Å². The van der Waals surface area contributed by atoms with Crippen molar-refractivity contribution in [2.75, 3.05) is 34.4 Å². The van der Waals surface area contributed by atoms with Crippen LogP contribution >= 0.6 is 12.2 Å². The number of ether oxygens (including phenoxy) is 1. The van der Waals surface area contributed by atoms with Crippen molar-refractivity contribution >= 4 is 17.3 Å². The van der Waals surface area contributed by atoms with Crippen LogP contribution in [-0.4, -0.2) is 56.5 Å². The van der Waals surface area contributed by atoms with Crippen LogP contribution in [0.4, 0.5) is 0 Å². The Hall–Kier alpha value is -0.390. The SMILES string of the molecule is COCC(C)NC(=S)NCC(C)N(C)C. The quantitative estimate of drug-likeness (QED) is 0.651. The molecular weight excluding hydrogens is 210 g/mol. The normalized spacial score (nSPS) is 14.8. The zero-order valence-corrected chi connectivity index (χ0v) is 11.1. The molecule has 0 heterocycles. The molecule has 0 spiro atoms. The van der Waals surface area contributed by atoms with Gasteiger partial charge in [0, 0.05) is 25.7 Å². The lowest BCUT2D eigenvalue weighted by Crippen LogP contribution is -2.46. The molecule has 0 aliphatic heterocycles. The summed E-state index contributed by atoms with van der Waals surface area (Å²) in [7, 11) is 5.79. The summed E-state index contributed by atoms with van der Waals surface area (Å²) in [6.45, 7) is 5.69. The van der Waals surface area contributed by atoms with Crippen LogP contribution in [0.3, 0.4) is 0 Å². The maximum absolute atomic E-state index is 5.15. The van der Waals surface area contributed by atoms with Gasteiger partial charge in [-0.3, -0.25) is 0 Å². The Morgan fingerprint density at radius 2 is 2.00 bits per heavy atom. The maximum atomic E-state index is 5.15. The van der Waals surface area contributed by atoms with Crippen LogP contribution in [0, 0.1) is 0 Å². The highest BCUT2D eigenvalue weighted by molar-refractivity contribution is 7.80. The predicted molar refractivity (Wildman–Crippen MR) is 68.2 cm³/mol. The van der Waals surface area contributed by atoms with Crippen LogP contribution in [0.15, 0.2) is 0 Å². The van der Waals surface area contributed by atoms with Crippen molar-refractivity contribution in [3.05, 3.63) is 0 Å². The van der Waals surface area contributed by atoms with E-state index in [-0.39, 0.29) is 6.04 Å². The second-order valence-corrected chi connectivity index (χ2v) is 4.43. The highest BCUT2D eigenvalue weighted by Gasteiger charge is 2.06. The summed E-state index contributed by atoms with van der Waals surface area (Å²) in [5.74, 6) is 0. The van der Waals surface area contributed by atoms with Crippen molar-refractivity contribution in [2.45, 2.75) is 25.9 Å². The first-order chi connectivity index (χ1) is 6.97.